The van der Waals surface area contributed by atoms with Gasteiger partial charge in [-0.1, -0.05) is 17.7 Å². The van der Waals surface area contributed by atoms with E-state index in [1.54, 1.807) is 0 Å². The van der Waals surface area contributed by atoms with Crippen LogP contribution in [-0.2, 0) is 4.74 Å². The van der Waals surface area contributed by atoms with Crippen LogP contribution in [-0.4, -0.2) is 36.6 Å². The van der Waals surface area contributed by atoms with Gasteiger partial charge in [0.15, 0.2) is 0 Å². The van der Waals surface area contributed by atoms with Crippen LogP contribution in [0.2, 0.25) is 0 Å². The number of rotatable bonds is 4. The average Bonchev–Trinajstić information content (AvgIpc) is 3.12. The third-order valence-corrected chi connectivity index (χ3v) is 4.59. The standard InChI is InChI=1S/C18H25NO2/c1-12-8-13(2)17(14(3)9-12)18(20)19-7-6-16(10-19)21-11-15-4-5-15/h8-9,15-16H,4-7,10-11H2,1-3H3. The summed E-state index contributed by atoms with van der Waals surface area (Å²) in [6.07, 6.45) is 3.84. The quantitative estimate of drug-likeness (QED) is 0.850. The van der Waals surface area contributed by atoms with E-state index in [4.69, 9.17) is 4.74 Å². The first-order valence-corrected chi connectivity index (χ1v) is 8.03. The van der Waals surface area contributed by atoms with E-state index < -0.39 is 0 Å². The third-order valence-electron chi connectivity index (χ3n) is 4.59. The van der Waals surface area contributed by atoms with Gasteiger partial charge in [-0.2, -0.15) is 0 Å². The molecule has 21 heavy (non-hydrogen) atoms. The fourth-order valence-corrected chi connectivity index (χ4v) is 3.28. The van der Waals surface area contributed by atoms with Crippen LogP contribution in [0.4, 0.5) is 0 Å². The van der Waals surface area contributed by atoms with Gasteiger partial charge in [-0.05, 0) is 57.1 Å². The van der Waals surface area contributed by atoms with Gasteiger partial charge in [0, 0.05) is 25.3 Å². The number of hydrogen-bond acceptors (Lipinski definition) is 2. The van der Waals surface area contributed by atoms with Crippen molar-refractivity contribution in [2.75, 3.05) is 19.7 Å². The van der Waals surface area contributed by atoms with Crippen molar-refractivity contribution in [3.05, 3.63) is 34.4 Å². The fraction of sp³-hybridized carbons (Fsp3) is 0.611. The molecule has 1 atom stereocenters. The summed E-state index contributed by atoms with van der Waals surface area (Å²) in [5.74, 6) is 0.957. The molecule has 1 aromatic rings. The van der Waals surface area contributed by atoms with Gasteiger partial charge < -0.3 is 9.64 Å². The van der Waals surface area contributed by atoms with Crippen molar-refractivity contribution in [1.82, 2.24) is 4.90 Å². The third kappa shape index (κ3) is 3.29. The maximum atomic E-state index is 12.8. The van der Waals surface area contributed by atoms with Crippen LogP contribution in [0.1, 0.15) is 46.3 Å². The normalized spacial score (nSPS) is 21.9. The molecule has 0 bridgehead atoms. The highest BCUT2D eigenvalue weighted by Crippen LogP contribution is 2.30. The smallest absolute Gasteiger partial charge is 0.254 e. The van der Waals surface area contributed by atoms with E-state index in [1.165, 1.54) is 18.4 Å². The van der Waals surface area contributed by atoms with Gasteiger partial charge in [0.2, 0.25) is 0 Å². The SMILES string of the molecule is Cc1cc(C)c(C(=O)N2CCC(OCC3CC3)C2)c(C)c1. The molecular weight excluding hydrogens is 262 g/mol. The zero-order valence-electron chi connectivity index (χ0n) is 13.3. The van der Waals surface area contributed by atoms with Gasteiger partial charge in [-0.15, -0.1) is 0 Å². The van der Waals surface area contributed by atoms with Crippen LogP contribution in [0.3, 0.4) is 0 Å². The summed E-state index contributed by atoms with van der Waals surface area (Å²) in [6.45, 7) is 8.59. The molecule has 1 saturated heterocycles. The predicted molar refractivity (Wildman–Crippen MR) is 83.6 cm³/mol. The minimum absolute atomic E-state index is 0.169. The van der Waals surface area contributed by atoms with Gasteiger partial charge >= 0.3 is 0 Å². The van der Waals surface area contributed by atoms with Gasteiger partial charge in [-0.25, -0.2) is 0 Å². The highest BCUT2D eigenvalue weighted by Gasteiger charge is 2.30. The van der Waals surface area contributed by atoms with E-state index in [1.807, 2.05) is 18.7 Å². The molecule has 1 aliphatic heterocycles. The Labute approximate surface area is 127 Å². The Morgan fingerprint density at radius 2 is 1.86 bits per heavy atom. The van der Waals surface area contributed by atoms with E-state index in [0.29, 0.717) is 0 Å². The Morgan fingerprint density at radius 3 is 2.48 bits per heavy atom. The van der Waals surface area contributed by atoms with E-state index >= 15 is 0 Å². The number of carbonyl (C=O) groups is 1. The highest BCUT2D eigenvalue weighted by atomic mass is 16.5. The van der Waals surface area contributed by atoms with Gasteiger partial charge in [0.1, 0.15) is 0 Å². The van der Waals surface area contributed by atoms with Crippen molar-refractivity contribution in [3.8, 4) is 0 Å². The molecule has 3 nitrogen and oxygen atoms in total. The van der Waals surface area contributed by atoms with E-state index in [2.05, 4.69) is 19.1 Å². The number of aryl methyl sites for hydroxylation is 3. The van der Waals surface area contributed by atoms with Crippen molar-refractivity contribution in [3.63, 3.8) is 0 Å². The molecule has 3 rings (SSSR count). The predicted octanol–water partition coefficient (Wildman–Crippen LogP) is 3.25. The number of carbonyl (C=O) groups excluding carboxylic acids is 1. The highest BCUT2D eigenvalue weighted by molar-refractivity contribution is 5.97. The van der Waals surface area contributed by atoms with Crippen LogP contribution < -0.4 is 0 Å². The Balaban J connectivity index is 1.65. The first-order chi connectivity index (χ1) is 10.0. The maximum Gasteiger partial charge on any atom is 0.254 e. The average molecular weight is 287 g/mol. The Morgan fingerprint density at radius 1 is 1.19 bits per heavy atom. The number of hydrogen-bond donors (Lipinski definition) is 0. The molecular formula is C18H25NO2. The first kappa shape index (κ1) is 14.6. The van der Waals surface area contributed by atoms with Crippen LogP contribution in [0.5, 0.6) is 0 Å². The van der Waals surface area contributed by atoms with Crippen molar-refractivity contribution >= 4 is 5.91 Å². The largest absolute Gasteiger partial charge is 0.376 e. The summed E-state index contributed by atoms with van der Waals surface area (Å²) >= 11 is 0. The fourth-order valence-electron chi connectivity index (χ4n) is 3.28. The number of amides is 1. The molecule has 1 aromatic carbocycles. The summed E-state index contributed by atoms with van der Waals surface area (Å²) in [5.41, 5.74) is 4.26. The van der Waals surface area contributed by atoms with E-state index in [9.17, 15) is 4.79 Å². The minimum atomic E-state index is 0.169. The molecule has 2 aliphatic rings. The van der Waals surface area contributed by atoms with Gasteiger partial charge in [0.25, 0.3) is 5.91 Å². The van der Waals surface area contributed by atoms with E-state index in [0.717, 1.165) is 48.7 Å². The van der Waals surface area contributed by atoms with Crippen LogP contribution in [0.15, 0.2) is 12.1 Å². The zero-order valence-corrected chi connectivity index (χ0v) is 13.3. The van der Waals surface area contributed by atoms with Gasteiger partial charge in [-0.3, -0.25) is 4.79 Å². The molecule has 1 amide bonds. The van der Waals surface area contributed by atoms with Crippen LogP contribution in [0, 0.1) is 26.7 Å². The summed E-state index contributed by atoms with van der Waals surface area (Å²) in [5, 5.41) is 0. The Kier molecular flexibility index (Phi) is 4.03. The second-order valence-corrected chi connectivity index (χ2v) is 6.71. The second-order valence-electron chi connectivity index (χ2n) is 6.71. The Bertz CT molecular complexity index is 525. The lowest BCUT2D eigenvalue weighted by Crippen LogP contribution is -2.31. The van der Waals surface area contributed by atoms with Crippen LogP contribution >= 0.6 is 0 Å². The van der Waals surface area contributed by atoms with Crippen molar-refractivity contribution in [1.29, 1.82) is 0 Å². The molecule has 2 fully saturated rings. The summed E-state index contributed by atoms with van der Waals surface area (Å²) in [4.78, 5) is 14.7. The zero-order chi connectivity index (χ0) is 15.0. The van der Waals surface area contributed by atoms with Crippen molar-refractivity contribution in [2.45, 2.75) is 46.1 Å². The topological polar surface area (TPSA) is 29.5 Å². The van der Waals surface area contributed by atoms with E-state index in [-0.39, 0.29) is 12.0 Å². The number of nitrogens with zero attached hydrogens (tertiary/aromatic N) is 1. The molecule has 0 N–H and O–H groups in total. The molecule has 0 spiro atoms. The molecule has 114 valence electrons. The summed E-state index contributed by atoms with van der Waals surface area (Å²) in [6, 6.07) is 4.19. The molecule has 1 saturated carbocycles. The van der Waals surface area contributed by atoms with Crippen LogP contribution in [0.25, 0.3) is 0 Å². The number of likely N-dealkylation sites (tertiary alicyclic amines) is 1. The second kappa shape index (κ2) is 5.80. The van der Waals surface area contributed by atoms with Gasteiger partial charge in [0.05, 0.1) is 6.10 Å². The lowest BCUT2D eigenvalue weighted by atomic mass is 9.99. The molecule has 3 heteroatoms. The van der Waals surface area contributed by atoms with Crippen molar-refractivity contribution in [2.24, 2.45) is 5.92 Å². The lowest BCUT2D eigenvalue weighted by molar-refractivity contribution is 0.0480. The monoisotopic (exact) mass is 287 g/mol. The summed E-state index contributed by atoms with van der Waals surface area (Å²) in [7, 11) is 0. The molecule has 1 heterocycles. The van der Waals surface area contributed by atoms with Crippen molar-refractivity contribution < 1.29 is 9.53 Å². The number of benzene rings is 1. The maximum absolute atomic E-state index is 12.8. The lowest BCUT2D eigenvalue weighted by Gasteiger charge is -2.20. The molecule has 1 aliphatic carbocycles. The molecule has 0 radical (unpaired) electrons. The minimum Gasteiger partial charge on any atom is -0.376 e. The Hall–Kier alpha value is -1.35. The molecule has 0 aromatic heterocycles. The summed E-state index contributed by atoms with van der Waals surface area (Å²) < 4.78 is 5.93. The molecule has 1 unspecified atom stereocenters. The first-order valence-electron chi connectivity index (χ1n) is 8.03. The number of ether oxygens (including phenoxy) is 1.